The van der Waals surface area contributed by atoms with Crippen LogP contribution >= 0.6 is 27.3 Å². The average molecular weight is 279 g/mol. The molecule has 0 saturated carbocycles. The van der Waals surface area contributed by atoms with E-state index in [2.05, 4.69) is 15.9 Å². The molecule has 0 aliphatic heterocycles. The summed E-state index contributed by atoms with van der Waals surface area (Å²) < 4.78 is 6.31. The van der Waals surface area contributed by atoms with E-state index >= 15 is 0 Å². The Kier molecular flexibility index (Phi) is 4.13. The highest BCUT2D eigenvalue weighted by atomic mass is 79.9. The van der Waals surface area contributed by atoms with E-state index in [9.17, 15) is 5.11 Å². The Hall–Kier alpha value is 0.100. The lowest BCUT2D eigenvalue weighted by molar-refractivity contribution is -0.0945. The zero-order chi connectivity index (χ0) is 10.8. The molecule has 1 heterocycles. The molecule has 0 amide bonds. The molecule has 2 atom stereocenters. The molecule has 1 rings (SSSR count). The van der Waals surface area contributed by atoms with Crippen molar-refractivity contribution in [3.05, 3.63) is 20.8 Å². The molecule has 2 nitrogen and oxygen atoms in total. The molecule has 0 fully saturated rings. The van der Waals surface area contributed by atoms with E-state index in [1.165, 1.54) is 0 Å². The Labute approximate surface area is 97.0 Å². The van der Waals surface area contributed by atoms with Crippen molar-refractivity contribution >= 4 is 27.3 Å². The zero-order valence-electron chi connectivity index (χ0n) is 8.58. The lowest BCUT2D eigenvalue weighted by Crippen LogP contribution is -2.34. The van der Waals surface area contributed by atoms with Crippen molar-refractivity contribution in [2.45, 2.75) is 32.0 Å². The summed E-state index contributed by atoms with van der Waals surface area (Å²) in [4.78, 5) is 0. The van der Waals surface area contributed by atoms with Gasteiger partial charge in [0.05, 0.1) is 5.60 Å². The molecule has 1 N–H and O–H groups in total. The highest BCUT2D eigenvalue weighted by Gasteiger charge is 2.33. The Morgan fingerprint density at radius 3 is 2.64 bits per heavy atom. The van der Waals surface area contributed by atoms with Crippen LogP contribution in [0.4, 0.5) is 0 Å². The molecular weight excluding hydrogens is 264 g/mol. The molecule has 80 valence electrons. The monoisotopic (exact) mass is 278 g/mol. The van der Waals surface area contributed by atoms with Gasteiger partial charge in [-0.1, -0.05) is 6.92 Å². The summed E-state index contributed by atoms with van der Waals surface area (Å²) in [7, 11) is 1.63. The maximum absolute atomic E-state index is 10.2. The van der Waals surface area contributed by atoms with Crippen LogP contribution in [0.25, 0.3) is 0 Å². The van der Waals surface area contributed by atoms with Gasteiger partial charge in [0.1, 0.15) is 6.10 Å². The van der Waals surface area contributed by atoms with Gasteiger partial charge in [0.2, 0.25) is 0 Å². The summed E-state index contributed by atoms with van der Waals surface area (Å²) in [6.45, 7) is 3.93. The lowest BCUT2D eigenvalue weighted by Gasteiger charge is -2.32. The molecule has 2 unspecified atom stereocenters. The third-order valence-electron chi connectivity index (χ3n) is 2.68. The fourth-order valence-corrected chi connectivity index (χ4v) is 2.80. The van der Waals surface area contributed by atoms with E-state index in [4.69, 9.17) is 4.74 Å². The molecule has 0 aliphatic rings. The second-order valence-corrected chi connectivity index (χ2v) is 5.05. The number of hydrogen-bond acceptors (Lipinski definition) is 3. The van der Waals surface area contributed by atoms with Crippen LogP contribution in [0.3, 0.4) is 0 Å². The Bertz CT molecular complexity index is 294. The topological polar surface area (TPSA) is 29.5 Å². The minimum atomic E-state index is -0.585. The number of aliphatic hydroxyl groups excluding tert-OH is 1. The highest BCUT2D eigenvalue weighted by molar-refractivity contribution is 9.10. The molecule has 0 aromatic carbocycles. The van der Waals surface area contributed by atoms with Gasteiger partial charge in [-0.25, -0.2) is 0 Å². The van der Waals surface area contributed by atoms with Crippen molar-refractivity contribution in [1.29, 1.82) is 0 Å². The second-order valence-electron chi connectivity index (χ2n) is 3.45. The predicted molar refractivity (Wildman–Crippen MR) is 62.7 cm³/mol. The quantitative estimate of drug-likeness (QED) is 0.915. The van der Waals surface area contributed by atoms with Crippen molar-refractivity contribution in [3.63, 3.8) is 0 Å². The number of aliphatic hydroxyl groups is 1. The largest absolute Gasteiger partial charge is 0.385 e. The van der Waals surface area contributed by atoms with Gasteiger partial charge in [-0.3, -0.25) is 0 Å². The van der Waals surface area contributed by atoms with E-state index in [0.29, 0.717) is 0 Å². The molecule has 14 heavy (non-hydrogen) atoms. The summed E-state index contributed by atoms with van der Waals surface area (Å²) in [6.07, 6.45) is 0.186. The first-order valence-corrected chi connectivity index (χ1v) is 6.23. The molecule has 1 aromatic heterocycles. The summed E-state index contributed by atoms with van der Waals surface area (Å²) in [5.41, 5.74) is 0.394. The summed E-state index contributed by atoms with van der Waals surface area (Å²) in [5, 5.41) is 14.1. The number of thiophene rings is 1. The fraction of sp³-hybridized carbons (Fsp3) is 0.600. The number of ether oxygens (including phenoxy) is 1. The number of methoxy groups -OCH3 is 1. The first-order chi connectivity index (χ1) is 6.55. The number of rotatable bonds is 4. The van der Waals surface area contributed by atoms with Gasteiger partial charge < -0.3 is 9.84 Å². The minimum Gasteiger partial charge on any atom is -0.385 e. The van der Waals surface area contributed by atoms with E-state index in [1.807, 2.05) is 24.6 Å². The maximum Gasteiger partial charge on any atom is 0.110 e. The molecule has 0 radical (unpaired) electrons. The average Bonchev–Trinajstić information content (AvgIpc) is 2.62. The first-order valence-electron chi connectivity index (χ1n) is 4.50. The van der Waals surface area contributed by atoms with Crippen molar-refractivity contribution < 1.29 is 9.84 Å². The third-order valence-corrected chi connectivity index (χ3v) is 4.44. The predicted octanol–water partition coefficient (Wildman–Crippen LogP) is 3.36. The fourth-order valence-electron chi connectivity index (χ4n) is 1.26. The van der Waals surface area contributed by atoms with Gasteiger partial charge >= 0.3 is 0 Å². The number of hydrogen-bond donors (Lipinski definition) is 1. The Morgan fingerprint density at radius 2 is 2.29 bits per heavy atom. The van der Waals surface area contributed by atoms with Crippen LogP contribution in [0, 0.1) is 0 Å². The van der Waals surface area contributed by atoms with Crippen LogP contribution in [0.1, 0.15) is 31.9 Å². The summed E-state index contributed by atoms with van der Waals surface area (Å²) in [5.74, 6) is 0. The molecule has 1 aromatic rings. The summed E-state index contributed by atoms with van der Waals surface area (Å²) in [6, 6.07) is 0. The van der Waals surface area contributed by atoms with Crippen molar-refractivity contribution in [2.75, 3.05) is 7.11 Å². The van der Waals surface area contributed by atoms with E-state index in [1.54, 1.807) is 18.4 Å². The minimum absolute atomic E-state index is 0.510. The molecular formula is C10H15BrO2S. The molecule has 0 bridgehead atoms. The first kappa shape index (κ1) is 12.2. The van der Waals surface area contributed by atoms with Gasteiger partial charge in [0, 0.05) is 22.5 Å². The van der Waals surface area contributed by atoms with Crippen LogP contribution in [-0.4, -0.2) is 17.8 Å². The standard InChI is InChI=1S/C10H15BrO2S/c1-4-10(2,13-3)9(12)7-5-14-6-8(7)11/h5-6,9,12H,4H2,1-3H3. The van der Waals surface area contributed by atoms with Crippen molar-refractivity contribution in [2.24, 2.45) is 0 Å². The van der Waals surface area contributed by atoms with Crippen molar-refractivity contribution in [3.8, 4) is 0 Å². The SMILES string of the molecule is CCC(C)(OC)C(O)c1cscc1Br. The summed E-state index contributed by atoms with van der Waals surface area (Å²) >= 11 is 4.98. The van der Waals surface area contributed by atoms with E-state index in [0.717, 1.165) is 16.5 Å². The van der Waals surface area contributed by atoms with Gasteiger partial charge in [-0.2, -0.15) is 11.3 Å². The second kappa shape index (κ2) is 4.75. The lowest BCUT2D eigenvalue weighted by atomic mass is 9.92. The van der Waals surface area contributed by atoms with Gasteiger partial charge in [0.15, 0.2) is 0 Å². The number of halogens is 1. The third kappa shape index (κ3) is 2.19. The maximum atomic E-state index is 10.2. The van der Waals surface area contributed by atoms with Crippen molar-refractivity contribution in [1.82, 2.24) is 0 Å². The highest BCUT2D eigenvalue weighted by Crippen LogP contribution is 2.36. The van der Waals surface area contributed by atoms with E-state index < -0.39 is 11.7 Å². The van der Waals surface area contributed by atoms with Gasteiger partial charge in [-0.05, 0) is 34.7 Å². The van der Waals surface area contributed by atoms with Crippen LogP contribution in [0.5, 0.6) is 0 Å². The molecule has 4 heteroatoms. The molecule has 0 saturated heterocycles. The van der Waals surface area contributed by atoms with Gasteiger partial charge in [-0.15, -0.1) is 0 Å². The molecule has 0 spiro atoms. The zero-order valence-corrected chi connectivity index (χ0v) is 11.0. The Morgan fingerprint density at radius 1 is 1.64 bits per heavy atom. The van der Waals surface area contributed by atoms with Gasteiger partial charge in [0.25, 0.3) is 0 Å². The van der Waals surface area contributed by atoms with Crippen LogP contribution in [-0.2, 0) is 4.74 Å². The molecule has 0 aliphatic carbocycles. The Balaban J connectivity index is 2.94. The van der Waals surface area contributed by atoms with E-state index in [-0.39, 0.29) is 0 Å². The van der Waals surface area contributed by atoms with Crippen LogP contribution in [0.2, 0.25) is 0 Å². The normalized spacial score (nSPS) is 17.8. The van der Waals surface area contributed by atoms with Crippen LogP contribution < -0.4 is 0 Å². The smallest absolute Gasteiger partial charge is 0.110 e. The van der Waals surface area contributed by atoms with Crippen LogP contribution in [0.15, 0.2) is 15.2 Å².